The number of alkyl halides is 1. The maximum atomic E-state index is 4.89. The normalized spacial score (nSPS) is 29.0. The van der Waals surface area contributed by atoms with E-state index in [1.54, 1.807) is 0 Å². The predicted molar refractivity (Wildman–Crippen MR) is 28.2 cm³/mol. The third-order valence-electron chi connectivity index (χ3n) is 0.806. The molecule has 0 aromatic heterocycles. The Bertz CT molecular complexity index is 54.6. The third-order valence-corrected chi connectivity index (χ3v) is 1.26. The van der Waals surface area contributed by atoms with E-state index in [0.717, 1.165) is 13.2 Å². The lowest BCUT2D eigenvalue weighted by atomic mass is 10.1. The van der Waals surface area contributed by atoms with Crippen molar-refractivity contribution in [1.82, 2.24) is 0 Å². The van der Waals surface area contributed by atoms with Crippen LogP contribution in [-0.2, 0) is 4.74 Å². The lowest BCUT2D eigenvalue weighted by Crippen LogP contribution is -2.40. The molecule has 0 aromatic rings. The van der Waals surface area contributed by atoms with Crippen LogP contribution in [-0.4, -0.2) is 17.5 Å². The van der Waals surface area contributed by atoms with E-state index in [-0.39, 0.29) is 0 Å². The van der Waals surface area contributed by atoms with Gasteiger partial charge in [-0.15, -0.1) is 0 Å². The highest BCUT2D eigenvalue weighted by atomic mass is 79.9. The molecule has 0 radical (unpaired) electrons. The summed E-state index contributed by atoms with van der Waals surface area (Å²) in [6.45, 7) is 3.86. The quantitative estimate of drug-likeness (QED) is 0.472. The minimum atomic E-state index is 0.312. The van der Waals surface area contributed by atoms with Gasteiger partial charge < -0.3 is 4.74 Å². The van der Waals surface area contributed by atoms with E-state index in [1.165, 1.54) is 0 Å². The molecule has 0 aromatic carbocycles. The molecule has 0 bridgehead atoms. The highest BCUT2D eigenvalue weighted by molar-refractivity contribution is 9.10. The van der Waals surface area contributed by atoms with E-state index in [1.807, 2.05) is 0 Å². The van der Waals surface area contributed by atoms with Crippen molar-refractivity contribution in [3.8, 4) is 0 Å². The van der Waals surface area contributed by atoms with Crippen LogP contribution in [0.1, 0.15) is 6.92 Å². The fourth-order valence-electron chi connectivity index (χ4n) is 0.383. The zero-order chi connectivity index (χ0) is 4.62. The lowest BCUT2D eigenvalue weighted by Gasteiger charge is -2.31. The van der Waals surface area contributed by atoms with Crippen LogP contribution >= 0.6 is 15.9 Å². The molecule has 1 aliphatic rings. The number of hydrogen-bond acceptors (Lipinski definition) is 1. The van der Waals surface area contributed by atoms with Crippen LogP contribution in [0.4, 0.5) is 0 Å². The van der Waals surface area contributed by atoms with Crippen LogP contribution in [0.3, 0.4) is 0 Å². The average Bonchev–Trinajstić information content (AvgIpc) is 1.32. The van der Waals surface area contributed by atoms with Crippen molar-refractivity contribution >= 4 is 15.9 Å². The smallest absolute Gasteiger partial charge is 0.0695 e. The Balaban J connectivity index is 2.31. The second kappa shape index (κ2) is 1.20. The molecule has 6 heavy (non-hydrogen) atoms. The highest BCUT2D eigenvalue weighted by Crippen LogP contribution is 2.25. The molecule has 36 valence electrons. The maximum Gasteiger partial charge on any atom is 0.0695 e. The third kappa shape index (κ3) is 0.738. The standard InChI is InChI=1S/C4H7BrO/c1-4(5)2-6-3-4/h2-3H2,1H3. The zero-order valence-corrected chi connectivity index (χ0v) is 5.29. The van der Waals surface area contributed by atoms with Gasteiger partial charge in [-0.1, -0.05) is 15.9 Å². The monoisotopic (exact) mass is 150 g/mol. The van der Waals surface area contributed by atoms with Crippen LogP contribution in [0.15, 0.2) is 0 Å². The van der Waals surface area contributed by atoms with Gasteiger partial charge in [0.15, 0.2) is 0 Å². The van der Waals surface area contributed by atoms with Crippen molar-refractivity contribution in [2.75, 3.05) is 13.2 Å². The van der Waals surface area contributed by atoms with Crippen molar-refractivity contribution in [3.63, 3.8) is 0 Å². The first-order chi connectivity index (χ1) is 2.71. The zero-order valence-electron chi connectivity index (χ0n) is 3.70. The maximum absolute atomic E-state index is 4.89. The largest absolute Gasteiger partial charge is 0.378 e. The number of halogens is 1. The first-order valence-electron chi connectivity index (χ1n) is 1.97. The molecule has 0 saturated carbocycles. The van der Waals surface area contributed by atoms with Gasteiger partial charge in [0, 0.05) is 0 Å². The van der Waals surface area contributed by atoms with Gasteiger partial charge in [0.2, 0.25) is 0 Å². The van der Waals surface area contributed by atoms with Gasteiger partial charge in [0.1, 0.15) is 0 Å². The molecule has 2 heteroatoms. The van der Waals surface area contributed by atoms with Crippen molar-refractivity contribution in [1.29, 1.82) is 0 Å². The fraction of sp³-hybridized carbons (Fsp3) is 1.00. The Morgan fingerprint density at radius 2 is 2.00 bits per heavy atom. The number of rotatable bonds is 0. The molecule has 0 N–H and O–H groups in total. The van der Waals surface area contributed by atoms with E-state index in [4.69, 9.17) is 4.74 Å². The van der Waals surface area contributed by atoms with Gasteiger partial charge in [0.25, 0.3) is 0 Å². The van der Waals surface area contributed by atoms with Gasteiger partial charge in [-0.2, -0.15) is 0 Å². The molecule has 1 heterocycles. The molecule has 1 fully saturated rings. The Hall–Kier alpha value is 0.440. The van der Waals surface area contributed by atoms with Crippen molar-refractivity contribution in [2.45, 2.75) is 11.2 Å². The highest BCUT2D eigenvalue weighted by Gasteiger charge is 2.29. The summed E-state index contributed by atoms with van der Waals surface area (Å²) in [5.74, 6) is 0. The number of hydrogen-bond donors (Lipinski definition) is 0. The summed E-state index contributed by atoms with van der Waals surface area (Å²) in [7, 11) is 0. The molecular weight excluding hydrogens is 144 g/mol. The summed E-state index contributed by atoms with van der Waals surface area (Å²) in [6, 6.07) is 0. The Morgan fingerprint density at radius 3 is 2.00 bits per heavy atom. The Morgan fingerprint density at radius 1 is 1.67 bits per heavy atom. The Kier molecular flexibility index (Phi) is 0.922. The predicted octanol–water partition coefficient (Wildman–Crippen LogP) is 1.17. The Labute approximate surface area is 45.8 Å². The van der Waals surface area contributed by atoms with Crippen LogP contribution < -0.4 is 0 Å². The van der Waals surface area contributed by atoms with Gasteiger partial charge in [-0.3, -0.25) is 0 Å². The van der Waals surface area contributed by atoms with Gasteiger partial charge in [-0.25, -0.2) is 0 Å². The average molecular weight is 151 g/mol. The molecule has 0 unspecified atom stereocenters. The second-order valence-electron chi connectivity index (χ2n) is 1.91. The molecule has 1 nitrogen and oxygen atoms in total. The van der Waals surface area contributed by atoms with Crippen LogP contribution in [0.5, 0.6) is 0 Å². The number of ether oxygens (including phenoxy) is 1. The molecule has 1 saturated heterocycles. The second-order valence-corrected chi connectivity index (χ2v) is 3.82. The molecule has 0 spiro atoms. The van der Waals surface area contributed by atoms with E-state index in [9.17, 15) is 0 Å². The lowest BCUT2D eigenvalue weighted by molar-refractivity contribution is 0.00356. The summed E-state index contributed by atoms with van der Waals surface area (Å²) < 4.78 is 5.20. The summed E-state index contributed by atoms with van der Waals surface area (Å²) >= 11 is 3.44. The van der Waals surface area contributed by atoms with Gasteiger partial charge in [0.05, 0.1) is 17.5 Å². The molecule has 0 atom stereocenters. The summed E-state index contributed by atoms with van der Waals surface area (Å²) in [5.41, 5.74) is 0. The first kappa shape index (κ1) is 4.60. The van der Waals surface area contributed by atoms with Crippen molar-refractivity contribution in [3.05, 3.63) is 0 Å². The van der Waals surface area contributed by atoms with E-state index >= 15 is 0 Å². The molecular formula is C4H7BrO. The molecule has 1 rings (SSSR count). The minimum Gasteiger partial charge on any atom is -0.378 e. The van der Waals surface area contributed by atoms with Crippen LogP contribution in [0.2, 0.25) is 0 Å². The van der Waals surface area contributed by atoms with E-state index in [2.05, 4.69) is 22.9 Å². The van der Waals surface area contributed by atoms with Gasteiger partial charge >= 0.3 is 0 Å². The van der Waals surface area contributed by atoms with E-state index in [0.29, 0.717) is 4.32 Å². The van der Waals surface area contributed by atoms with Crippen molar-refractivity contribution < 1.29 is 4.74 Å². The minimum absolute atomic E-state index is 0.312. The summed E-state index contributed by atoms with van der Waals surface area (Å²) in [5, 5.41) is 0. The van der Waals surface area contributed by atoms with Crippen LogP contribution in [0, 0.1) is 0 Å². The fourth-order valence-corrected chi connectivity index (χ4v) is 0.707. The SMILES string of the molecule is CC1(Br)COC1. The first-order valence-corrected chi connectivity index (χ1v) is 2.77. The van der Waals surface area contributed by atoms with E-state index < -0.39 is 0 Å². The topological polar surface area (TPSA) is 9.23 Å². The molecule has 1 aliphatic heterocycles. The van der Waals surface area contributed by atoms with Crippen molar-refractivity contribution in [2.24, 2.45) is 0 Å². The van der Waals surface area contributed by atoms with Gasteiger partial charge in [-0.05, 0) is 6.92 Å². The molecule has 0 aliphatic carbocycles. The van der Waals surface area contributed by atoms with Crippen LogP contribution in [0.25, 0.3) is 0 Å². The summed E-state index contributed by atoms with van der Waals surface area (Å²) in [6.07, 6.45) is 0. The summed E-state index contributed by atoms with van der Waals surface area (Å²) in [4.78, 5) is 0. The molecule has 0 amide bonds.